The van der Waals surface area contributed by atoms with Crippen molar-refractivity contribution in [2.45, 2.75) is 43.1 Å². The van der Waals surface area contributed by atoms with Gasteiger partial charge in [-0.05, 0) is 38.1 Å². The molecule has 3 fully saturated rings. The summed E-state index contributed by atoms with van der Waals surface area (Å²) in [6.07, 6.45) is 4.10. The normalized spacial score (nSPS) is 36.0. The largest absolute Gasteiger partial charge is 0.480 e. The van der Waals surface area contributed by atoms with Crippen LogP contribution in [0.5, 0.6) is 0 Å². The number of hydrogen-bond acceptors (Lipinski definition) is 4. The molecule has 2 saturated heterocycles. The van der Waals surface area contributed by atoms with Crippen LogP contribution in [-0.2, 0) is 9.59 Å². The first-order chi connectivity index (χ1) is 8.68. The Morgan fingerprint density at radius 1 is 1.28 bits per heavy atom. The maximum atomic E-state index is 12.5. The lowest BCUT2D eigenvalue weighted by atomic mass is 10.1. The van der Waals surface area contributed by atoms with Crippen LogP contribution < -0.4 is 5.32 Å². The van der Waals surface area contributed by atoms with Crippen molar-refractivity contribution in [2.24, 2.45) is 5.92 Å². The van der Waals surface area contributed by atoms with Gasteiger partial charge in [0.25, 0.3) is 0 Å². The molecular formula is C12H18N2O3S. The van der Waals surface area contributed by atoms with Crippen LogP contribution in [0.1, 0.15) is 25.7 Å². The Labute approximate surface area is 110 Å². The number of nitrogens with one attached hydrogen (secondary N) is 1. The summed E-state index contributed by atoms with van der Waals surface area (Å²) in [5.74, 6) is 0.193. The van der Waals surface area contributed by atoms with Gasteiger partial charge in [-0.3, -0.25) is 4.79 Å². The summed E-state index contributed by atoms with van der Waals surface area (Å²) in [6, 6.07) is -0.790. The smallest absolute Gasteiger partial charge is 0.327 e. The van der Waals surface area contributed by atoms with Crippen molar-refractivity contribution >= 4 is 23.6 Å². The fourth-order valence-corrected chi connectivity index (χ4v) is 4.46. The molecule has 3 atom stereocenters. The standard InChI is InChI=1S/C12H18N2O3S/c15-10(8-2-1-5-13-8)14-9(12(16)17)6-18-11(14)7-3-4-7/h7-9,11,13H,1-6H2,(H,16,17)/t8-,9?,11?/m0/s1. The number of thioether (sulfide) groups is 1. The van der Waals surface area contributed by atoms with Gasteiger partial charge in [0, 0.05) is 5.75 Å². The molecule has 1 saturated carbocycles. The molecule has 100 valence electrons. The molecule has 2 aliphatic heterocycles. The third-order valence-corrected chi connectivity index (χ3v) is 5.42. The van der Waals surface area contributed by atoms with Gasteiger partial charge in [0.1, 0.15) is 6.04 Å². The molecule has 0 aromatic rings. The van der Waals surface area contributed by atoms with Crippen molar-refractivity contribution < 1.29 is 14.7 Å². The van der Waals surface area contributed by atoms with E-state index < -0.39 is 12.0 Å². The van der Waals surface area contributed by atoms with Crippen molar-refractivity contribution in [3.8, 4) is 0 Å². The Hall–Kier alpha value is -0.750. The average molecular weight is 270 g/mol. The van der Waals surface area contributed by atoms with Crippen molar-refractivity contribution in [2.75, 3.05) is 12.3 Å². The first-order valence-corrected chi connectivity index (χ1v) is 7.63. The van der Waals surface area contributed by atoms with E-state index in [0.717, 1.165) is 32.2 Å². The van der Waals surface area contributed by atoms with E-state index >= 15 is 0 Å². The minimum absolute atomic E-state index is 0.00167. The highest BCUT2D eigenvalue weighted by Crippen LogP contribution is 2.45. The number of hydrogen-bond donors (Lipinski definition) is 2. The summed E-state index contributed by atoms with van der Waals surface area (Å²) in [5, 5.41) is 12.5. The monoisotopic (exact) mass is 270 g/mol. The molecule has 0 bridgehead atoms. The van der Waals surface area contributed by atoms with E-state index in [9.17, 15) is 14.7 Å². The second-order valence-corrected chi connectivity index (χ2v) is 6.46. The molecule has 6 heteroatoms. The lowest BCUT2D eigenvalue weighted by molar-refractivity contribution is -0.150. The van der Waals surface area contributed by atoms with Crippen LogP contribution in [0.2, 0.25) is 0 Å². The predicted octanol–water partition coefficient (Wildman–Crippen LogP) is 0.503. The summed E-state index contributed by atoms with van der Waals surface area (Å²) in [6.45, 7) is 0.864. The number of carboxylic acids is 1. The lowest BCUT2D eigenvalue weighted by Gasteiger charge is -2.29. The van der Waals surface area contributed by atoms with Crippen LogP contribution in [0.3, 0.4) is 0 Å². The van der Waals surface area contributed by atoms with E-state index in [1.807, 2.05) is 0 Å². The highest BCUT2D eigenvalue weighted by Gasteiger charge is 2.49. The maximum absolute atomic E-state index is 12.5. The molecule has 0 aromatic carbocycles. The van der Waals surface area contributed by atoms with E-state index in [-0.39, 0.29) is 17.3 Å². The minimum atomic E-state index is -0.864. The SMILES string of the molecule is O=C(O)C1CSC(C2CC2)N1C(=O)[C@@H]1CCCN1. The number of amides is 1. The maximum Gasteiger partial charge on any atom is 0.327 e. The minimum Gasteiger partial charge on any atom is -0.480 e. The number of nitrogens with zero attached hydrogens (tertiary/aromatic N) is 1. The Bertz CT molecular complexity index is 366. The van der Waals surface area contributed by atoms with Gasteiger partial charge >= 0.3 is 5.97 Å². The first kappa shape index (κ1) is 12.3. The number of aliphatic carboxylic acids is 1. The molecule has 3 rings (SSSR count). The van der Waals surface area contributed by atoms with Gasteiger partial charge in [-0.15, -0.1) is 11.8 Å². The summed E-state index contributed by atoms with van der Waals surface area (Å²) < 4.78 is 0. The van der Waals surface area contributed by atoms with Gasteiger partial charge in [0.2, 0.25) is 5.91 Å². The zero-order valence-corrected chi connectivity index (χ0v) is 11.0. The molecular weight excluding hydrogens is 252 g/mol. The molecule has 5 nitrogen and oxygen atoms in total. The molecule has 2 heterocycles. The van der Waals surface area contributed by atoms with Gasteiger partial charge in [-0.25, -0.2) is 4.79 Å². The van der Waals surface area contributed by atoms with E-state index in [4.69, 9.17) is 0 Å². The summed E-state index contributed by atoms with van der Waals surface area (Å²) in [4.78, 5) is 25.4. The van der Waals surface area contributed by atoms with Crippen LogP contribution in [-0.4, -0.2) is 51.6 Å². The number of carbonyl (C=O) groups is 2. The van der Waals surface area contributed by atoms with Gasteiger partial charge < -0.3 is 15.3 Å². The van der Waals surface area contributed by atoms with E-state index in [0.29, 0.717) is 11.7 Å². The summed E-state index contributed by atoms with van der Waals surface area (Å²) in [5.41, 5.74) is 0. The molecule has 1 aliphatic carbocycles. The second-order valence-electron chi connectivity index (χ2n) is 5.31. The van der Waals surface area contributed by atoms with E-state index in [1.165, 1.54) is 0 Å². The Kier molecular flexibility index (Phi) is 3.23. The van der Waals surface area contributed by atoms with E-state index in [1.54, 1.807) is 16.7 Å². The molecule has 2 unspecified atom stereocenters. The predicted molar refractivity (Wildman–Crippen MR) is 68.3 cm³/mol. The summed E-state index contributed by atoms with van der Waals surface area (Å²) >= 11 is 1.64. The van der Waals surface area contributed by atoms with Crippen molar-refractivity contribution in [3.63, 3.8) is 0 Å². The molecule has 0 radical (unpaired) electrons. The zero-order chi connectivity index (χ0) is 12.7. The Morgan fingerprint density at radius 2 is 2.06 bits per heavy atom. The Balaban J connectivity index is 1.78. The zero-order valence-electron chi connectivity index (χ0n) is 10.2. The van der Waals surface area contributed by atoms with Crippen molar-refractivity contribution in [1.82, 2.24) is 10.2 Å². The van der Waals surface area contributed by atoms with Gasteiger partial charge in [-0.2, -0.15) is 0 Å². The highest BCUT2D eigenvalue weighted by atomic mass is 32.2. The van der Waals surface area contributed by atoms with Crippen LogP contribution in [0, 0.1) is 5.92 Å². The fraction of sp³-hybridized carbons (Fsp3) is 0.833. The molecule has 1 amide bonds. The van der Waals surface area contributed by atoms with Crippen LogP contribution in [0.4, 0.5) is 0 Å². The number of rotatable bonds is 3. The molecule has 18 heavy (non-hydrogen) atoms. The van der Waals surface area contributed by atoms with Crippen molar-refractivity contribution in [3.05, 3.63) is 0 Å². The fourth-order valence-electron chi connectivity index (χ4n) is 2.82. The molecule has 2 N–H and O–H groups in total. The third kappa shape index (κ3) is 2.12. The van der Waals surface area contributed by atoms with Gasteiger partial charge in [0.05, 0.1) is 11.4 Å². The molecule has 0 spiro atoms. The van der Waals surface area contributed by atoms with Crippen LogP contribution in [0.15, 0.2) is 0 Å². The third-order valence-electron chi connectivity index (χ3n) is 3.96. The number of carboxylic acid groups (broad SMARTS) is 1. The molecule has 3 aliphatic rings. The van der Waals surface area contributed by atoms with Crippen molar-refractivity contribution in [1.29, 1.82) is 0 Å². The van der Waals surface area contributed by atoms with E-state index in [2.05, 4.69) is 5.32 Å². The molecule has 0 aromatic heterocycles. The van der Waals surface area contributed by atoms with Gasteiger partial charge in [0.15, 0.2) is 0 Å². The Morgan fingerprint density at radius 3 is 2.61 bits per heavy atom. The topological polar surface area (TPSA) is 69.6 Å². The van der Waals surface area contributed by atoms with Crippen LogP contribution >= 0.6 is 11.8 Å². The quantitative estimate of drug-likeness (QED) is 0.781. The summed E-state index contributed by atoms with van der Waals surface area (Å²) in [7, 11) is 0. The highest BCUT2D eigenvalue weighted by molar-refractivity contribution is 8.00. The average Bonchev–Trinajstić information content (AvgIpc) is 2.91. The second kappa shape index (κ2) is 4.74. The first-order valence-electron chi connectivity index (χ1n) is 6.58. The van der Waals surface area contributed by atoms with Crippen LogP contribution in [0.25, 0.3) is 0 Å². The lowest BCUT2D eigenvalue weighted by Crippen LogP contribution is -2.52. The number of carbonyl (C=O) groups excluding carboxylic acids is 1. The van der Waals surface area contributed by atoms with Gasteiger partial charge in [-0.1, -0.05) is 0 Å².